The first-order valence-electron chi connectivity index (χ1n) is 5.64. The average Bonchev–Trinajstić information content (AvgIpc) is 2.57. The molecule has 0 radical (unpaired) electrons. The number of nitrogens with zero attached hydrogens (tertiary/aromatic N) is 2. The first kappa shape index (κ1) is 12.1. The van der Waals surface area contributed by atoms with E-state index in [1.165, 1.54) is 5.56 Å². The smallest absolute Gasteiger partial charge is 0.0663 e. The maximum Gasteiger partial charge on any atom is 0.0663 e. The van der Waals surface area contributed by atoms with Crippen molar-refractivity contribution in [3.05, 3.63) is 46.2 Å². The molecule has 2 aromatic rings. The van der Waals surface area contributed by atoms with E-state index in [1.807, 2.05) is 35.9 Å². The molecule has 0 bridgehead atoms. The zero-order chi connectivity index (χ0) is 12.4. The van der Waals surface area contributed by atoms with Crippen LogP contribution >= 0.6 is 11.6 Å². The third-order valence-corrected chi connectivity index (χ3v) is 3.12. The van der Waals surface area contributed by atoms with Gasteiger partial charge in [0.1, 0.15) is 0 Å². The third-order valence-electron chi connectivity index (χ3n) is 2.89. The van der Waals surface area contributed by atoms with Crippen LogP contribution in [0.2, 0.25) is 5.02 Å². The molecular weight excluding hydrogens is 234 g/mol. The Morgan fingerprint density at radius 1 is 1.35 bits per heavy atom. The topological polar surface area (TPSA) is 43.8 Å². The number of nitrogens with two attached hydrogens (primary N) is 1. The maximum atomic E-state index is 5.99. The van der Waals surface area contributed by atoms with Crippen molar-refractivity contribution in [1.29, 1.82) is 0 Å². The Kier molecular flexibility index (Phi) is 3.50. The summed E-state index contributed by atoms with van der Waals surface area (Å²) in [7, 11) is 0. The molecule has 0 aliphatic rings. The number of hydrogen-bond acceptors (Lipinski definition) is 2. The van der Waals surface area contributed by atoms with Crippen molar-refractivity contribution in [2.75, 3.05) is 6.54 Å². The van der Waals surface area contributed by atoms with E-state index < -0.39 is 0 Å². The van der Waals surface area contributed by atoms with E-state index in [2.05, 4.69) is 12.0 Å². The van der Waals surface area contributed by atoms with Crippen molar-refractivity contribution in [3.8, 4) is 5.69 Å². The summed E-state index contributed by atoms with van der Waals surface area (Å²) >= 11 is 5.99. The van der Waals surface area contributed by atoms with Gasteiger partial charge in [-0.1, -0.05) is 17.7 Å². The van der Waals surface area contributed by atoms with Gasteiger partial charge in [0.15, 0.2) is 0 Å². The van der Waals surface area contributed by atoms with Crippen LogP contribution in [0.1, 0.15) is 17.0 Å². The number of rotatable bonds is 3. The third kappa shape index (κ3) is 2.35. The average molecular weight is 250 g/mol. The molecule has 3 nitrogen and oxygen atoms in total. The lowest BCUT2D eigenvalue weighted by Crippen LogP contribution is -2.05. The van der Waals surface area contributed by atoms with E-state index in [1.54, 1.807) is 0 Å². The van der Waals surface area contributed by atoms with E-state index in [4.69, 9.17) is 17.3 Å². The largest absolute Gasteiger partial charge is 0.330 e. The van der Waals surface area contributed by atoms with Crippen molar-refractivity contribution in [2.24, 2.45) is 5.73 Å². The van der Waals surface area contributed by atoms with E-state index >= 15 is 0 Å². The molecule has 0 fully saturated rings. The molecule has 17 heavy (non-hydrogen) atoms. The molecule has 1 aromatic heterocycles. The van der Waals surface area contributed by atoms with Crippen LogP contribution in [0.5, 0.6) is 0 Å². The van der Waals surface area contributed by atoms with Crippen molar-refractivity contribution >= 4 is 11.6 Å². The first-order chi connectivity index (χ1) is 8.13. The van der Waals surface area contributed by atoms with E-state index in [9.17, 15) is 0 Å². The first-order valence-corrected chi connectivity index (χ1v) is 6.02. The van der Waals surface area contributed by atoms with E-state index in [0.29, 0.717) is 6.54 Å². The van der Waals surface area contributed by atoms with Crippen LogP contribution in [0.25, 0.3) is 5.69 Å². The molecule has 90 valence electrons. The highest BCUT2D eigenvalue weighted by molar-refractivity contribution is 6.30. The van der Waals surface area contributed by atoms with Gasteiger partial charge in [0.05, 0.1) is 11.4 Å². The lowest BCUT2D eigenvalue weighted by Gasteiger charge is -2.05. The molecule has 0 atom stereocenters. The minimum Gasteiger partial charge on any atom is -0.330 e. The van der Waals surface area contributed by atoms with Crippen LogP contribution in [-0.4, -0.2) is 16.3 Å². The molecule has 0 amide bonds. The summed E-state index contributed by atoms with van der Waals surface area (Å²) in [6.45, 7) is 4.72. The highest BCUT2D eigenvalue weighted by Crippen LogP contribution is 2.20. The van der Waals surface area contributed by atoms with Crippen molar-refractivity contribution in [2.45, 2.75) is 20.3 Å². The Bertz CT molecular complexity index is 531. The molecule has 1 aromatic carbocycles. The second-order valence-corrected chi connectivity index (χ2v) is 4.52. The lowest BCUT2D eigenvalue weighted by molar-refractivity contribution is 0.832. The molecule has 0 aliphatic carbocycles. The zero-order valence-corrected chi connectivity index (χ0v) is 10.8. The normalized spacial score (nSPS) is 10.8. The monoisotopic (exact) mass is 249 g/mol. The van der Waals surface area contributed by atoms with Crippen LogP contribution in [-0.2, 0) is 6.42 Å². The number of hydrogen-bond donors (Lipinski definition) is 1. The Hall–Kier alpha value is -1.32. The summed E-state index contributed by atoms with van der Waals surface area (Å²) in [5, 5.41) is 5.26. The van der Waals surface area contributed by atoms with Gasteiger partial charge in [0.2, 0.25) is 0 Å². The number of benzene rings is 1. The summed E-state index contributed by atoms with van der Waals surface area (Å²) < 4.78 is 1.92. The highest BCUT2D eigenvalue weighted by atomic mass is 35.5. The Balaban J connectivity index is 2.50. The van der Waals surface area contributed by atoms with Crippen LogP contribution in [0.4, 0.5) is 0 Å². The molecule has 0 spiro atoms. The van der Waals surface area contributed by atoms with Gasteiger partial charge in [-0.2, -0.15) is 5.10 Å². The second kappa shape index (κ2) is 4.90. The summed E-state index contributed by atoms with van der Waals surface area (Å²) in [5.74, 6) is 0. The molecule has 1 heterocycles. The van der Waals surface area contributed by atoms with E-state index in [0.717, 1.165) is 28.5 Å². The predicted molar refractivity (Wildman–Crippen MR) is 70.8 cm³/mol. The molecule has 0 aliphatic heterocycles. The van der Waals surface area contributed by atoms with Gasteiger partial charge in [-0.15, -0.1) is 0 Å². The Morgan fingerprint density at radius 3 is 2.76 bits per heavy atom. The number of halogens is 1. The van der Waals surface area contributed by atoms with Crippen molar-refractivity contribution in [1.82, 2.24) is 9.78 Å². The van der Waals surface area contributed by atoms with Crippen LogP contribution in [0.3, 0.4) is 0 Å². The summed E-state index contributed by atoms with van der Waals surface area (Å²) in [5.41, 5.74) is 10.00. The van der Waals surface area contributed by atoms with Gasteiger partial charge in [-0.05, 0) is 50.6 Å². The minimum absolute atomic E-state index is 0.642. The van der Waals surface area contributed by atoms with Gasteiger partial charge < -0.3 is 5.73 Å². The summed E-state index contributed by atoms with van der Waals surface area (Å²) in [6, 6.07) is 7.69. The number of aryl methyl sites for hydroxylation is 1. The predicted octanol–water partition coefficient (Wildman–Crippen LogP) is 2.64. The van der Waals surface area contributed by atoms with Gasteiger partial charge in [-0.3, -0.25) is 0 Å². The zero-order valence-electron chi connectivity index (χ0n) is 10.1. The molecule has 2 N–H and O–H groups in total. The molecule has 0 saturated heterocycles. The van der Waals surface area contributed by atoms with E-state index in [-0.39, 0.29) is 0 Å². The highest BCUT2D eigenvalue weighted by Gasteiger charge is 2.11. The van der Waals surface area contributed by atoms with Crippen molar-refractivity contribution in [3.63, 3.8) is 0 Å². The molecule has 0 unspecified atom stereocenters. The maximum absolute atomic E-state index is 5.99. The van der Waals surface area contributed by atoms with Crippen LogP contribution in [0.15, 0.2) is 24.3 Å². The van der Waals surface area contributed by atoms with Crippen molar-refractivity contribution < 1.29 is 0 Å². The Morgan fingerprint density at radius 2 is 2.12 bits per heavy atom. The second-order valence-electron chi connectivity index (χ2n) is 4.08. The summed E-state index contributed by atoms with van der Waals surface area (Å²) in [6.07, 6.45) is 0.859. The summed E-state index contributed by atoms with van der Waals surface area (Å²) in [4.78, 5) is 0. The molecule has 4 heteroatoms. The SMILES string of the molecule is Cc1nn(-c2cccc(Cl)c2)c(C)c1CCN. The van der Waals surface area contributed by atoms with Gasteiger partial charge >= 0.3 is 0 Å². The minimum atomic E-state index is 0.642. The lowest BCUT2D eigenvalue weighted by atomic mass is 10.1. The van der Waals surface area contributed by atoms with Gasteiger partial charge in [0, 0.05) is 10.7 Å². The molecule has 0 saturated carbocycles. The fourth-order valence-corrected chi connectivity index (χ4v) is 2.22. The van der Waals surface area contributed by atoms with Crippen LogP contribution in [0, 0.1) is 13.8 Å². The number of aromatic nitrogens is 2. The van der Waals surface area contributed by atoms with Crippen LogP contribution < -0.4 is 5.73 Å². The fraction of sp³-hybridized carbons (Fsp3) is 0.308. The Labute approximate surface area is 106 Å². The molecular formula is C13H16ClN3. The fourth-order valence-electron chi connectivity index (χ4n) is 2.04. The van der Waals surface area contributed by atoms with Gasteiger partial charge in [-0.25, -0.2) is 4.68 Å². The standard InChI is InChI=1S/C13H16ClN3/c1-9-13(6-7-15)10(2)17(16-9)12-5-3-4-11(14)8-12/h3-5,8H,6-7,15H2,1-2H3. The molecule has 2 rings (SSSR count). The quantitative estimate of drug-likeness (QED) is 0.909. The van der Waals surface area contributed by atoms with Gasteiger partial charge in [0.25, 0.3) is 0 Å².